The number of rotatable bonds is 6. The number of hydrogen-bond acceptors (Lipinski definition) is 1. The lowest BCUT2D eigenvalue weighted by molar-refractivity contribution is 0.0949. The fraction of sp³-hybridized carbons (Fsp3) is 0.450. The van der Waals surface area contributed by atoms with Crippen LogP contribution in [-0.4, -0.2) is 17.0 Å². The van der Waals surface area contributed by atoms with Crippen LogP contribution < -0.4 is 5.32 Å². The van der Waals surface area contributed by atoms with Crippen molar-refractivity contribution >= 4 is 5.91 Å². The first-order valence-corrected chi connectivity index (χ1v) is 8.50. The highest BCUT2D eigenvalue weighted by Gasteiger charge is 2.23. The van der Waals surface area contributed by atoms with Gasteiger partial charge in [0.05, 0.1) is 5.56 Å². The van der Waals surface area contributed by atoms with Gasteiger partial charge < -0.3 is 9.88 Å². The molecule has 2 aromatic rings. The predicted octanol–water partition coefficient (Wildman–Crippen LogP) is 4.57. The van der Waals surface area contributed by atoms with Gasteiger partial charge in [0, 0.05) is 30.0 Å². The van der Waals surface area contributed by atoms with Gasteiger partial charge >= 0.3 is 0 Å². The van der Waals surface area contributed by atoms with Crippen LogP contribution in [0, 0.1) is 19.8 Å². The molecule has 0 aliphatic rings. The number of carbonyl (C=O) groups is 1. The molecule has 124 valence electrons. The Balaban J connectivity index is 2.54. The normalized spacial score (nSPS) is 11.0. The molecule has 0 saturated carbocycles. The molecule has 0 aliphatic heterocycles. The summed E-state index contributed by atoms with van der Waals surface area (Å²) in [6.45, 7) is 12.2. The zero-order valence-corrected chi connectivity index (χ0v) is 14.9. The quantitative estimate of drug-likeness (QED) is 0.833. The van der Waals surface area contributed by atoms with Crippen molar-refractivity contribution in [1.29, 1.82) is 0 Å². The van der Waals surface area contributed by atoms with E-state index in [1.165, 1.54) is 5.69 Å². The lowest BCUT2D eigenvalue weighted by Gasteiger charge is -2.10. The van der Waals surface area contributed by atoms with Crippen molar-refractivity contribution < 1.29 is 4.79 Å². The van der Waals surface area contributed by atoms with Gasteiger partial charge in [-0.25, -0.2) is 0 Å². The number of nitrogens with zero attached hydrogens (tertiary/aromatic N) is 1. The molecule has 0 bridgehead atoms. The minimum Gasteiger partial charge on any atom is -0.352 e. The van der Waals surface area contributed by atoms with E-state index in [1.54, 1.807) is 0 Å². The van der Waals surface area contributed by atoms with Crippen LogP contribution in [0.25, 0.3) is 11.1 Å². The largest absolute Gasteiger partial charge is 0.352 e. The molecule has 0 radical (unpaired) electrons. The number of benzene rings is 1. The van der Waals surface area contributed by atoms with Crippen molar-refractivity contribution in [2.24, 2.45) is 5.92 Å². The molecule has 0 aliphatic carbocycles. The van der Waals surface area contributed by atoms with Gasteiger partial charge in [0.25, 0.3) is 5.91 Å². The van der Waals surface area contributed by atoms with Crippen LogP contribution >= 0.6 is 0 Å². The first-order chi connectivity index (χ1) is 11.0. The highest BCUT2D eigenvalue weighted by Crippen LogP contribution is 2.32. The molecule has 3 heteroatoms. The van der Waals surface area contributed by atoms with Crippen LogP contribution in [0.3, 0.4) is 0 Å². The summed E-state index contributed by atoms with van der Waals surface area (Å²) in [5.41, 5.74) is 5.23. The second-order valence-corrected chi connectivity index (χ2v) is 6.54. The summed E-state index contributed by atoms with van der Waals surface area (Å²) in [5.74, 6) is 0.478. The highest BCUT2D eigenvalue weighted by molar-refractivity contribution is 6.03. The maximum atomic E-state index is 12.8. The smallest absolute Gasteiger partial charge is 0.253 e. The van der Waals surface area contributed by atoms with Crippen LogP contribution in [0.4, 0.5) is 0 Å². The van der Waals surface area contributed by atoms with Gasteiger partial charge in [-0.05, 0) is 31.7 Å². The summed E-state index contributed by atoms with van der Waals surface area (Å²) in [7, 11) is 0. The van der Waals surface area contributed by atoms with E-state index >= 15 is 0 Å². The van der Waals surface area contributed by atoms with E-state index in [-0.39, 0.29) is 5.91 Å². The third-order valence-corrected chi connectivity index (χ3v) is 4.19. The fourth-order valence-electron chi connectivity index (χ4n) is 3.06. The highest BCUT2D eigenvalue weighted by atomic mass is 16.1. The Bertz CT molecular complexity index is 669. The molecule has 1 amide bonds. The van der Waals surface area contributed by atoms with Crippen molar-refractivity contribution in [2.75, 3.05) is 6.54 Å². The summed E-state index contributed by atoms with van der Waals surface area (Å²) in [5, 5.41) is 3.08. The molecule has 1 N–H and O–H groups in total. The van der Waals surface area contributed by atoms with Crippen molar-refractivity contribution in [3.05, 3.63) is 47.3 Å². The van der Waals surface area contributed by atoms with Crippen LogP contribution in [0.1, 0.15) is 48.9 Å². The SMILES string of the molecule is CCCn1c(C)c(C(=O)NCC(C)C)c(-c2ccccc2)c1C. The number of amides is 1. The first-order valence-electron chi connectivity index (χ1n) is 8.50. The van der Waals surface area contributed by atoms with E-state index in [1.807, 2.05) is 18.2 Å². The second-order valence-electron chi connectivity index (χ2n) is 6.54. The first kappa shape index (κ1) is 17.3. The summed E-state index contributed by atoms with van der Waals surface area (Å²) < 4.78 is 2.27. The Morgan fingerprint density at radius 3 is 2.35 bits per heavy atom. The summed E-state index contributed by atoms with van der Waals surface area (Å²) in [6.07, 6.45) is 1.05. The standard InChI is InChI=1S/C20H28N2O/c1-6-12-22-15(4)18(17-10-8-7-9-11-17)19(16(22)5)20(23)21-13-14(2)3/h7-11,14H,6,12-13H2,1-5H3,(H,21,23). The zero-order chi connectivity index (χ0) is 17.0. The Hall–Kier alpha value is -2.03. The van der Waals surface area contributed by atoms with Gasteiger partial charge in [0.2, 0.25) is 0 Å². The Kier molecular flexibility index (Phi) is 5.64. The van der Waals surface area contributed by atoms with Crippen LogP contribution in [-0.2, 0) is 6.54 Å². The third-order valence-electron chi connectivity index (χ3n) is 4.19. The topological polar surface area (TPSA) is 34.0 Å². The van der Waals surface area contributed by atoms with Gasteiger partial charge in [-0.15, -0.1) is 0 Å². The molecular weight excluding hydrogens is 284 g/mol. The molecule has 1 aromatic carbocycles. The van der Waals surface area contributed by atoms with E-state index in [4.69, 9.17) is 0 Å². The van der Waals surface area contributed by atoms with Crippen LogP contribution in [0.5, 0.6) is 0 Å². The molecule has 23 heavy (non-hydrogen) atoms. The molecule has 0 saturated heterocycles. The second kappa shape index (κ2) is 7.49. The third kappa shape index (κ3) is 3.66. The molecular formula is C20H28N2O. The molecule has 1 heterocycles. The molecule has 3 nitrogen and oxygen atoms in total. The lowest BCUT2D eigenvalue weighted by Crippen LogP contribution is -2.28. The Morgan fingerprint density at radius 2 is 1.78 bits per heavy atom. The number of nitrogens with one attached hydrogen (secondary N) is 1. The lowest BCUT2D eigenvalue weighted by atomic mass is 10.00. The average Bonchev–Trinajstić information content (AvgIpc) is 2.78. The molecule has 2 rings (SSSR count). The van der Waals surface area contributed by atoms with E-state index < -0.39 is 0 Å². The van der Waals surface area contributed by atoms with E-state index in [0.29, 0.717) is 12.5 Å². The molecule has 0 unspecified atom stereocenters. The van der Waals surface area contributed by atoms with Gasteiger partial charge in [0.15, 0.2) is 0 Å². The van der Waals surface area contributed by atoms with Crippen molar-refractivity contribution in [3.8, 4) is 11.1 Å². The van der Waals surface area contributed by atoms with Crippen molar-refractivity contribution in [1.82, 2.24) is 9.88 Å². The van der Waals surface area contributed by atoms with Crippen LogP contribution in [0.15, 0.2) is 30.3 Å². The molecule has 0 atom stereocenters. The Labute approximate surface area is 139 Å². The van der Waals surface area contributed by atoms with Gasteiger partial charge in [-0.1, -0.05) is 51.1 Å². The van der Waals surface area contributed by atoms with E-state index in [9.17, 15) is 4.79 Å². The van der Waals surface area contributed by atoms with Crippen LogP contribution in [0.2, 0.25) is 0 Å². The molecule has 1 aromatic heterocycles. The summed E-state index contributed by atoms with van der Waals surface area (Å²) in [6, 6.07) is 10.2. The molecule has 0 spiro atoms. The zero-order valence-electron chi connectivity index (χ0n) is 14.9. The van der Waals surface area contributed by atoms with Gasteiger partial charge in [-0.3, -0.25) is 4.79 Å². The fourth-order valence-corrected chi connectivity index (χ4v) is 3.06. The summed E-state index contributed by atoms with van der Waals surface area (Å²) >= 11 is 0. The average molecular weight is 312 g/mol. The predicted molar refractivity (Wildman–Crippen MR) is 96.8 cm³/mol. The number of carbonyl (C=O) groups excluding carboxylic acids is 1. The Morgan fingerprint density at radius 1 is 1.13 bits per heavy atom. The maximum absolute atomic E-state index is 12.8. The van der Waals surface area contributed by atoms with Crippen molar-refractivity contribution in [2.45, 2.75) is 47.6 Å². The van der Waals surface area contributed by atoms with Crippen molar-refractivity contribution in [3.63, 3.8) is 0 Å². The van der Waals surface area contributed by atoms with Gasteiger partial charge in [0.1, 0.15) is 0 Å². The maximum Gasteiger partial charge on any atom is 0.253 e. The minimum absolute atomic E-state index is 0.0352. The number of aromatic nitrogens is 1. The minimum atomic E-state index is 0.0352. The van der Waals surface area contributed by atoms with E-state index in [0.717, 1.165) is 35.3 Å². The van der Waals surface area contributed by atoms with E-state index in [2.05, 4.69) is 56.6 Å². The summed E-state index contributed by atoms with van der Waals surface area (Å²) in [4.78, 5) is 12.8. The monoisotopic (exact) mass is 312 g/mol. The van der Waals surface area contributed by atoms with Gasteiger partial charge in [-0.2, -0.15) is 0 Å². The molecule has 0 fully saturated rings. The number of hydrogen-bond donors (Lipinski definition) is 1.